The topological polar surface area (TPSA) is 137 Å². The zero-order valence-electron chi connectivity index (χ0n) is 22.4. The fourth-order valence-corrected chi connectivity index (χ4v) is 4.95. The van der Waals surface area contributed by atoms with Crippen molar-refractivity contribution in [3.05, 3.63) is 109 Å². The molecule has 7 rings (SSSR count). The van der Waals surface area contributed by atoms with Crippen molar-refractivity contribution in [2.75, 3.05) is 11.9 Å². The first-order valence-corrected chi connectivity index (χ1v) is 13.4. The van der Waals surface area contributed by atoms with Crippen LogP contribution < -0.4 is 10.6 Å². The van der Waals surface area contributed by atoms with Crippen molar-refractivity contribution in [3.8, 4) is 33.8 Å². The molecule has 0 unspecified atom stereocenters. The fourth-order valence-electron chi connectivity index (χ4n) is 4.95. The zero-order chi connectivity index (χ0) is 28.3. The summed E-state index contributed by atoms with van der Waals surface area (Å²) in [5.41, 5.74) is 8.66. The summed E-state index contributed by atoms with van der Waals surface area (Å²) in [4.78, 5) is 33.7. The van der Waals surface area contributed by atoms with E-state index < -0.39 is 0 Å². The van der Waals surface area contributed by atoms with E-state index in [-0.39, 0.29) is 12.5 Å². The van der Waals surface area contributed by atoms with Crippen molar-refractivity contribution in [1.29, 1.82) is 0 Å². The number of pyridine rings is 3. The molecule has 0 bridgehead atoms. The Morgan fingerprint density at radius 3 is 2.52 bits per heavy atom. The predicted molar refractivity (Wildman–Crippen MR) is 162 cm³/mol. The highest BCUT2D eigenvalue weighted by Crippen LogP contribution is 2.33. The van der Waals surface area contributed by atoms with Crippen molar-refractivity contribution < 1.29 is 4.79 Å². The molecular formula is C32H25N9O. The molecule has 10 nitrogen and oxygen atoms in total. The Bertz CT molecular complexity index is 2020. The number of nitrogens with zero attached hydrogens (tertiary/aromatic N) is 5. The third-order valence-electron chi connectivity index (χ3n) is 6.99. The molecule has 42 heavy (non-hydrogen) atoms. The Hall–Kier alpha value is -5.74. The predicted octanol–water partition coefficient (Wildman–Crippen LogP) is 5.35. The monoisotopic (exact) mass is 551 g/mol. The lowest BCUT2D eigenvalue weighted by Gasteiger charge is -2.09. The van der Waals surface area contributed by atoms with E-state index in [9.17, 15) is 4.79 Å². The molecule has 0 spiro atoms. The Kier molecular flexibility index (Phi) is 6.63. The van der Waals surface area contributed by atoms with Crippen LogP contribution in [-0.4, -0.2) is 47.6 Å². The molecule has 7 aromatic rings. The number of nitrogens with one attached hydrogen (secondary N) is 4. The number of aromatic nitrogens is 7. The van der Waals surface area contributed by atoms with E-state index in [0.717, 1.165) is 49.8 Å². The molecule has 5 heterocycles. The van der Waals surface area contributed by atoms with Gasteiger partial charge in [0.2, 0.25) is 5.91 Å². The first-order valence-electron chi connectivity index (χ1n) is 13.4. The van der Waals surface area contributed by atoms with Crippen molar-refractivity contribution in [2.45, 2.75) is 6.54 Å². The lowest BCUT2D eigenvalue weighted by atomic mass is 10.0. The number of anilines is 1. The van der Waals surface area contributed by atoms with Crippen molar-refractivity contribution in [1.82, 2.24) is 40.4 Å². The highest BCUT2D eigenvalue weighted by Gasteiger charge is 2.16. The molecule has 0 radical (unpaired) electrons. The highest BCUT2D eigenvalue weighted by atomic mass is 16.1. The number of rotatable bonds is 8. The fraction of sp³-hybridized carbons (Fsp3) is 0.0625. The van der Waals surface area contributed by atoms with Gasteiger partial charge in [0.25, 0.3) is 0 Å². The first kappa shape index (κ1) is 25.2. The third-order valence-corrected chi connectivity index (χ3v) is 6.99. The quantitative estimate of drug-likeness (QED) is 0.200. The molecule has 204 valence electrons. The number of hydrogen-bond donors (Lipinski definition) is 4. The smallest absolute Gasteiger partial charge is 0.238 e. The minimum Gasteiger partial charge on any atom is -0.335 e. The van der Waals surface area contributed by atoms with Crippen LogP contribution in [0.3, 0.4) is 0 Å². The standard InChI is InChI=1S/C32H25N9O/c42-29(19-34-14-20-4-2-1-3-5-20)37-24-12-23(15-35-16-24)22-6-7-27-25(13-22)31(41-40-27)32-38-28-18-36-17-26(30(28)39-32)21-8-10-33-11-9-21/h1-13,15-18,34H,14,19H2,(H,37,42)(H,38,39)(H,40,41). The average molecular weight is 552 g/mol. The third kappa shape index (κ3) is 5.09. The van der Waals surface area contributed by atoms with Gasteiger partial charge in [0, 0.05) is 47.8 Å². The van der Waals surface area contributed by atoms with Crippen LogP contribution in [0.25, 0.3) is 55.7 Å². The minimum atomic E-state index is -0.136. The van der Waals surface area contributed by atoms with Crippen molar-refractivity contribution in [2.24, 2.45) is 0 Å². The number of benzene rings is 2. The normalized spacial score (nSPS) is 11.2. The number of carbonyl (C=O) groups is 1. The number of H-pyrrole nitrogens is 2. The van der Waals surface area contributed by atoms with Gasteiger partial charge in [-0.15, -0.1) is 0 Å². The number of carbonyl (C=O) groups excluding carboxylic acids is 1. The van der Waals surface area contributed by atoms with Gasteiger partial charge in [0.15, 0.2) is 5.82 Å². The second-order valence-electron chi connectivity index (χ2n) is 9.84. The van der Waals surface area contributed by atoms with Crippen LogP contribution in [-0.2, 0) is 11.3 Å². The van der Waals surface area contributed by atoms with Gasteiger partial charge in [-0.2, -0.15) is 5.10 Å². The Labute approximate surface area is 240 Å². The number of imidazole rings is 1. The summed E-state index contributed by atoms with van der Waals surface area (Å²) in [6, 6.07) is 21.8. The summed E-state index contributed by atoms with van der Waals surface area (Å²) in [7, 11) is 0. The maximum Gasteiger partial charge on any atom is 0.238 e. The molecular weight excluding hydrogens is 526 g/mol. The maximum absolute atomic E-state index is 12.5. The molecule has 1 amide bonds. The van der Waals surface area contributed by atoms with Crippen molar-refractivity contribution >= 4 is 33.5 Å². The number of fused-ring (bicyclic) bond motifs is 2. The Morgan fingerprint density at radius 2 is 1.64 bits per heavy atom. The van der Waals surface area contributed by atoms with E-state index in [0.29, 0.717) is 23.8 Å². The SMILES string of the molecule is O=C(CNCc1ccccc1)Nc1cncc(-c2ccc3[nH]nc(-c4nc5c(-c6ccncc6)cncc5[nH]4)c3c2)c1. The van der Waals surface area contributed by atoms with E-state index >= 15 is 0 Å². The van der Waals surface area contributed by atoms with Crippen LogP contribution in [0.5, 0.6) is 0 Å². The molecule has 4 N–H and O–H groups in total. The zero-order valence-corrected chi connectivity index (χ0v) is 22.4. The summed E-state index contributed by atoms with van der Waals surface area (Å²) in [6.07, 6.45) is 10.5. The maximum atomic E-state index is 12.5. The van der Waals surface area contributed by atoms with Gasteiger partial charge in [0.1, 0.15) is 5.69 Å². The van der Waals surface area contributed by atoms with E-state index in [1.165, 1.54) is 0 Å². The van der Waals surface area contributed by atoms with Gasteiger partial charge >= 0.3 is 0 Å². The van der Waals surface area contributed by atoms with Crippen LogP contribution in [0, 0.1) is 0 Å². The summed E-state index contributed by atoms with van der Waals surface area (Å²) in [5.74, 6) is 0.502. The van der Waals surface area contributed by atoms with Crippen LogP contribution >= 0.6 is 0 Å². The van der Waals surface area contributed by atoms with Gasteiger partial charge < -0.3 is 15.6 Å². The molecule has 5 aromatic heterocycles. The van der Waals surface area contributed by atoms with Crippen LogP contribution in [0.4, 0.5) is 5.69 Å². The summed E-state index contributed by atoms with van der Waals surface area (Å²) in [6.45, 7) is 0.811. The molecule has 0 fully saturated rings. The van der Waals surface area contributed by atoms with E-state index in [2.05, 4.69) is 40.8 Å². The first-order chi connectivity index (χ1) is 20.7. The molecule has 10 heteroatoms. The minimum absolute atomic E-state index is 0.136. The molecule has 0 aliphatic heterocycles. The van der Waals surface area contributed by atoms with Crippen LogP contribution in [0.1, 0.15) is 5.56 Å². The van der Waals surface area contributed by atoms with Gasteiger partial charge in [-0.3, -0.25) is 24.8 Å². The van der Waals surface area contributed by atoms with E-state index in [1.807, 2.05) is 66.7 Å². The summed E-state index contributed by atoms with van der Waals surface area (Å²) >= 11 is 0. The largest absolute Gasteiger partial charge is 0.335 e. The summed E-state index contributed by atoms with van der Waals surface area (Å²) < 4.78 is 0. The number of aromatic amines is 2. The lowest BCUT2D eigenvalue weighted by molar-refractivity contribution is -0.115. The second kappa shape index (κ2) is 11.0. The van der Waals surface area contributed by atoms with E-state index in [4.69, 9.17) is 4.98 Å². The van der Waals surface area contributed by atoms with Gasteiger partial charge in [-0.25, -0.2) is 4.98 Å². The second-order valence-corrected chi connectivity index (χ2v) is 9.84. The highest BCUT2D eigenvalue weighted by molar-refractivity contribution is 5.98. The Balaban J connectivity index is 1.14. The molecule has 2 aromatic carbocycles. The van der Waals surface area contributed by atoms with Gasteiger partial charge in [-0.1, -0.05) is 36.4 Å². The Morgan fingerprint density at radius 1 is 0.786 bits per heavy atom. The molecule has 0 atom stereocenters. The molecule has 0 aliphatic carbocycles. The lowest BCUT2D eigenvalue weighted by Crippen LogP contribution is -2.27. The van der Waals surface area contributed by atoms with Crippen molar-refractivity contribution in [3.63, 3.8) is 0 Å². The number of amides is 1. The number of hydrogen-bond acceptors (Lipinski definition) is 7. The summed E-state index contributed by atoms with van der Waals surface area (Å²) in [5, 5.41) is 14.7. The average Bonchev–Trinajstić information content (AvgIpc) is 3.66. The molecule has 0 aliphatic rings. The van der Waals surface area contributed by atoms with Crippen LogP contribution in [0.15, 0.2) is 104 Å². The van der Waals surface area contributed by atoms with Gasteiger partial charge in [0.05, 0.1) is 41.2 Å². The molecule has 0 saturated carbocycles. The van der Waals surface area contributed by atoms with E-state index in [1.54, 1.807) is 37.2 Å². The van der Waals surface area contributed by atoms with Gasteiger partial charge in [-0.05, 0) is 47.0 Å². The van der Waals surface area contributed by atoms with Crippen LogP contribution in [0.2, 0.25) is 0 Å². The molecule has 0 saturated heterocycles.